The second-order valence-electron chi connectivity index (χ2n) is 5.08. The molecule has 2 N–H and O–H groups in total. The standard InChI is InChI=1S/C15H22N2O3/c1-6-17(9(2)3)15(20)16-12-7-10(4)11(5)13(8-12)14(18)19/h7-9H,6H2,1-5H3,(H,16,20)(H,18,19). The number of anilines is 1. The van der Waals surface area contributed by atoms with Crippen molar-refractivity contribution in [3.63, 3.8) is 0 Å². The van der Waals surface area contributed by atoms with Gasteiger partial charge in [-0.1, -0.05) is 0 Å². The van der Waals surface area contributed by atoms with Gasteiger partial charge < -0.3 is 15.3 Å². The van der Waals surface area contributed by atoms with Crippen LogP contribution >= 0.6 is 0 Å². The van der Waals surface area contributed by atoms with E-state index in [4.69, 9.17) is 5.11 Å². The van der Waals surface area contributed by atoms with Crippen LogP contribution in [0.2, 0.25) is 0 Å². The highest BCUT2D eigenvalue weighted by molar-refractivity contribution is 5.94. The number of nitrogens with zero attached hydrogens (tertiary/aromatic N) is 1. The van der Waals surface area contributed by atoms with Gasteiger partial charge in [-0.3, -0.25) is 0 Å². The van der Waals surface area contributed by atoms with Crippen molar-refractivity contribution in [2.75, 3.05) is 11.9 Å². The fourth-order valence-electron chi connectivity index (χ4n) is 2.09. The fraction of sp³-hybridized carbons (Fsp3) is 0.467. The van der Waals surface area contributed by atoms with Gasteiger partial charge in [0.2, 0.25) is 0 Å². The zero-order valence-corrected chi connectivity index (χ0v) is 12.7. The molecule has 0 aromatic heterocycles. The Balaban J connectivity index is 3.04. The molecule has 0 saturated heterocycles. The minimum atomic E-state index is -0.988. The number of aryl methyl sites for hydroxylation is 1. The Morgan fingerprint density at radius 3 is 2.35 bits per heavy atom. The second kappa shape index (κ2) is 6.41. The number of carboxylic acids is 1. The molecule has 0 atom stereocenters. The van der Waals surface area contributed by atoms with Crippen LogP contribution in [0, 0.1) is 13.8 Å². The van der Waals surface area contributed by atoms with E-state index in [0.29, 0.717) is 17.8 Å². The molecule has 0 radical (unpaired) electrons. The lowest BCUT2D eigenvalue weighted by Crippen LogP contribution is -2.39. The van der Waals surface area contributed by atoms with E-state index in [1.807, 2.05) is 27.7 Å². The van der Waals surface area contributed by atoms with Gasteiger partial charge in [-0.05, 0) is 57.9 Å². The fourth-order valence-corrected chi connectivity index (χ4v) is 2.09. The molecule has 5 nitrogen and oxygen atoms in total. The Bertz CT molecular complexity index is 524. The number of rotatable bonds is 4. The number of aromatic carboxylic acids is 1. The monoisotopic (exact) mass is 278 g/mol. The van der Waals surface area contributed by atoms with Crippen molar-refractivity contribution in [3.05, 3.63) is 28.8 Å². The maximum atomic E-state index is 12.1. The number of nitrogens with one attached hydrogen (secondary N) is 1. The Kier molecular flexibility index (Phi) is 5.13. The van der Waals surface area contributed by atoms with Crippen LogP contribution in [0.4, 0.5) is 10.5 Å². The highest BCUT2D eigenvalue weighted by Gasteiger charge is 2.17. The molecule has 0 saturated carbocycles. The topological polar surface area (TPSA) is 69.6 Å². The van der Waals surface area contributed by atoms with Gasteiger partial charge in [0.1, 0.15) is 0 Å². The summed E-state index contributed by atoms with van der Waals surface area (Å²) in [6.45, 7) is 9.97. The second-order valence-corrected chi connectivity index (χ2v) is 5.08. The molecule has 0 bridgehead atoms. The number of hydrogen-bond acceptors (Lipinski definition) is 2. The molecular formula is C15H22N2O3. The van der Waals surface area contributed by atoms with Crippen molar-refractivity contribution < 1.29 is 14.7 Å². The van der Waals surface area contributed by atoms with Crippen LogP contribution < -0.4 is 5.32 Å². The highest BCUT2D eigenvalue weighted by atomic mass is 16.4. The van der Waals surface area contributed by atoms with Crippen molar-refractivity contribution in [1.82, 2.24) is 4.90 Å². The van der Waals surface area contributed by atoms with Gasteiger partial charge in [0.05, 0.1) is 5.56 Å². The molecule has 0 aliphatic heterocycles. The summed E-state index contributed by atoms with van der Waals surface area (Å²) in [4.78, 5) is 25.0. The van der Waals surface area contributed by atoms with Crippen molar-refractivity contribution in [2.45, 2.75) is 40.7 Å². The molecule has 0 fully saturated rings. The Hall–Kier alpha value is -2.04. The van der Waals surface area contributed by atoms with Gasteiger partial charge >= 0.3 is 12.0 Å². The largest absolute Gasteiger partial charge is 0.478 e. The quantitative estimate of drug-likeness (QED) is 0.888. The molecule has 20 heavy (non-hydrogen) atoms. The number of carbonyl (C=O) groups excluding carboxylic acids is 1. The van der Waals surface area contributed by atoms with Gasteiger partial charge in [0.15, 0.2) is 0 Å². The molecule has 1 aromatic carbocycles. The summed E-state index contributed by atoms with van der Waals surface area (Å²) >= 11 is 0. The molecule has 110 valence electrons. The van der Waals surface area contributed by atoms with Gasteiger partial charge in [-0.2, -0.15) is 0 Å². The third kappa shape index (κ3) is 3.50. The summed E-state index contributed by atoms with van der Waals surface area (Å²) < 4.78 is 0. The van der Waals surface area contributed by atoms with Crippen LogP contribution in [0.25, 0.3) is 0 Å². The summed E-state index contributed by atoms with van der Waals surface area (Å²) in [6.07, 6.45) is 0. The number of benzene rings is 1. The first-order valence-electron chi connectivity index (χ1n) is 6.70. The number of carbonyl (C=O) groups is 2. The van der Waals surface area contributed by atoms with E-state index in [1.165, 1.54) is 6.07 Å². The third-order valence-corrected chi connectivity index (χ3v) is 3.37. The van der Waals surface area contributed by atoms with Crippen LogP contribution in [-0.4, -0.2) is 34.6 Å². The minimum absolute atomic E-state index is 0.0884. The average Bonchev–Trinajstić information content (AvgIpc) is 2.33. The molecule has 2 amide bonds. The van der Waals surface area contributed by atoms with Crippen LogP contribution in [0.1, 0.15) is 42.3 Å². The van der Waals surface area contributed by atoms with Crippen LogP contribution in [0.15, 0.2) is 12.1 Å². The molecule has 1 rings (SSSR count). The summed E-state index contributed by atoms with van der Waals surface area (Å²) in [6, 6.07) is 3.15. The van der Waals surface area contributed by atoms with Crippen molar-refractivity contribution in [1.29, 1.82) is 0 Å². The first-order chi connectivity index (χ1) is 9.27. The lowest BCUT2D eigenvalue weighted by molar-refractivity contribution is 0.0696. The smallest absolute Gasteiger partial charge is 0.336 e. The number of hydrogen-bond donors (Lipinski definition) is 2. The van der Waals surface area contributed by atoms with Gasteiger partial charge in [-0.15, -0.1) is 0 Å². The number of urea groups is 1. The summed E-state index contributed by atoms with van der Waals surface area (Å²) in [5.41, 5.74) is 2.28. The molecular weight excluding hydrogens is 256 g/mol. The highest BCUT2D eigenvalue weighted by Crippen LogP contribution is 2.20. The Labute approximate surface area is 119 Å². The zero-order valence-electron chi connectivity index (χ0n) is 12.7. The summed E-state index contributed by atoms with van der Waals surface area (Å²) in [7, 11) is 0. The van der Waals surface area contributed by atoms with Gasteiger partial charge in [0.25, 0.3) is 0 Å². The Morgan fingerprint density at radius 2 is 1.90 bits per heavy atom. The predicted octanol–water partition coefficient (Wildman–Crippen LogP) is 3.26. The van der Waals surface area contributed by atoms with Crippen molar-refractivity contribution >= 4 is 17.7 Å². The van der Waals surface area contributed by atoms with E-state index in [2.05, 4.69) is 5.32 Å². The van der Waals surface area contributed by atoms with Gasteiger partial charge in [0, 0.05) is 18.3 Å². The minimum Gasteiger partial charge on any atom is -0.478 e. The SMILES string of the molecule is CCN(C(=O)Nc1cc(C)c(C)c(C(=O)O)c1)C(C)C. The molecule has 0 heterocycles. The van der Waals surface area contributed by atoms with E-state index in [0.717, 1.165) is 5.56 Å². The first-order valence-corrected chi connectivity index (χ1v) is 6.70. The molecule has 0 spiro atoms. The van der Waals surface area contributed by atoms with E-state index >= 15 is 0 Å². The lowest BCUT2D eigenvalue weighted by Gasteiger charge is -2.25. The molecule has 1 aromatic rings. The maximum Gasteiger partial charge on any atom is 0.336 e. The van der Waals surface area contributed by atoms with Crippen LogP contribution in [0.3, 0.4) is 0 Å². The molecule has 0 aliphatic rings. The normalized spacial score (nSPS) is 10.5. The van der Waals surface area contributed by atoms with E-state index in [9.17, 15) is 9.59 Å². The van der Waals surface area contributed by atoms with Crippen molar-refractivity contribution in [3.8, 4) is 0 Å². The van der Waals surface area contributed by atoms with E-state index in [1.54, 1.807) is 17.9 Å². The van der Waals surface area contributed by atoms with E-state index < -0.39 is 5.97 Å². The number of amides is 2. The van der Waals surface area contributed by atoms with Gasteiger partial charge in [-0.25, -0.2) is 9.59 Å². The third-order valence-electron chi connectivity index (χ3n) is 3.37. The molecule has 0 aliphatic carbocycles. The average molecular weight is 278 g/mol. The predicted molar refractivity (Wildman–Crippen MR) is 79.4 cm³/mol. The molecule has 0 unspecified atom stereocenters. The number of carboxylic acid groups (broad SMARTS) is 1. The summed E-state index contributed by atoms with van der Waals surface area (Å²) in [5.74, 6) is -0.988. The zero-order chi connectivity index (χ0) is 15.4. The van der Waals surface area contributed by atoms with Crippen molar-refractivity contribution in [2.24, 2.45) is 0 Å². The summed E-state index contributed by atoms with van der Waals surface area (Å²) in [5, 5.41) is 11.9. The Morgan fingerprint density at radius 1 is 1.30 bits per heavy atom. The van der Waals surface area contributed by atoms with E-state index in [-0.39, 0.29) is 17.6 Å². The maximum absolute atomic E-state index is 12.1. The first kappa shape index (κ1) is 16.0. The molecule has 5 heteroatoms. The van der Waals surface area contributed by atoms with Crippen LogP contribution in [-0.2, 0) is 0 Å². The lowest BCUT2D eigenvalue weighted by atomic mass is 10.0. The van der Waals surface area contributed by atoms with Crippen LogP contribution in [0.5, 0.6) is 0 Å².